The van der Waals surface area contributed by atoms with Gasteiger partial charge in [-0.1, -0.05) is 19.9 Å². The quantitative estimate of drug-likeness (QED) is 0.172. The molecule has 2 aliphatic heterocycles. The van der Waals surface area contributed by atoms with Crippen molar-refractivity contribution >= 4 is 17.4 Å². The fraction of sp³-hybridized carbons (Fsp3) is 0.424. The molecule has 42 heavy (non-hydrogen) atoms. The van der Waals surface area contributed by atoms with Gasteiger partial charge in [0.1, 0.15) is 17.6 Å². The van der Waals surface area contributed by atoms with Gasteiger partial charge in [-0.05, 0) is 74.1 Å². The highest BCUT2D eigenvalue weighted by atomic mass is 16.5. The van der Waals surface area contributed by atoms with E-state index < -0.39 is 17.7 Å². The molecule has 1 aromatic heterocycles. The maximum atomic E-state index is 13.6. The number of imidazole rings is 1. The Bertz CT molecular complexity index is 1460. The smallest absolute Gasteiger partial charge is 0.295 e. The van der Waals surface area contributed by atoms with E-state index >= 15 is 0 Å². The van der Waals surface area contributed by atoms with Crippen LogP contribution < -0.4 is 14.2 Å². The molecule has 1 amide bonds. The van der Waals surface area contributed by atoms with Crippen molar-refractivity contribution in [3.63, 3.8) is 0 Å². The van der Waals surface area contributed by atoms with Crippen LogP contribution in [-0.4, -0.2) is 57.1 Å². The Morgan fingerprint density at radius 3 is 2.69 bits per heavy atom. The molecule has 0 spiro atoms. The van der Waals surface area contributed by atoms with Crippen LogP contribution in [0.15, 0.2) is 60.7 Å². The van der Waals surface area contributed by atoms with E-state index in [1.165, 1.54) is 0 Å². The second kappa shape index (κ2) is 12.7. The number of rotatable bonds is 12. The Hall–Kier alpha value is -4.27. The van der Waals surface area contributed by atoms with Crippen LogP contribution >= 0.6 is 0 Å². The number of hydrogen-bond donors (Lipinski definition) is 1. The number of nitrogens with zero attached hydrogens (tertiary/aromatic N) is 3. The van der Waals surface area contributed by atoms with Crippen molar-refractivity contribution in [2.75, 3.05) is 19.8 Å². The number of aryl methyl sites for hydroxylation is 1. The van der Waals surface area contributed by atoms with Crippen LogP contribution in [0.5, 0.6) is 17.2 Å². The Balaban J connectivity index is 1.53. The minimum atomic E-state index is -0.792. The second-order valence-corrected chi connectivity index (χ2v) is 11.3. The number of fused-ring (bicyclic) bond motifs is 1. The zero-order chi connectivity index (χ0) is 29.8. The lowest BCUT2D eigenvalue weighted by Gasteiger charge is -2.26. The van der Waals surface area contributed by atoms with Crippen molar-refractivity contribution in [3.8, 4) is 17.2 Å². The lowest BCUT2D eigenvalue weighted by atomic mass is 9.94. The van der Waals surface area contributed by atoms with E-state index in [1.54, 1.807) is 29.6 Å². The average Bonchev–Trinajstić information content (AvgIpc) is 3.67. The standard InChI is InChI=1S/C33H39N3O6/c1-5-40-28-19-23(7-10-27(28)41-16-11-21(2)3)30-29(31(37)24-8-9-26-25(18-24)17-22(4)42-26)32(38)33(39)36(30)14-6-13-35-15-12-34-20-35/h7-10,12,15,18-22,30,37H,5-6,11,13-14,16-17H2,1-4H3/b31-29-. The fourth-order valence-corrected chi connectivity index (χ4v) is 5.51. The van der Waals surface area contributed by atoms with Crippen molar-refractivity contribution in [1.82, 2.24) is 14.5 Å². The lowest BCUT2D eigenvalue weighted by molar-refractivity contribution is -0.139. The normalized spacial score (nSPS) is 19.3. The number of benzene rings is 2. The maximum absolute atomic E-state index is 13.6. The molecule has 0 saturated carbocycles. The number of ether oxygens (including phenoxy) is 3. The molecule has 2 atom stereocenters. The van der Waals surface area contributed by atoms with Crippen molar-refractivity contribution in [3.05, 3.63) is 77.4 Å². The molecule has 5 rings (SSSR count). The largest absolute Gasteiger partial charge is 0.507 e. The van der Waals surface area contributed by atoms with Gasteiger partial charge in [-0.15, -0.1) is 0 Å². The number of Topliss-reactive ketones (excluding diaryl/α,β-unsaturated/α-hetero) is 1. The molecule has 222 valence electrons. The van der Waals surface area contributed by atoms with Gasteiger partial charge in [0.2, 0.25) is 0 Å². The summed E-state index contributed by atoms with van der Waals surface area (Å²) in [6.45, 7) is 10.1. The third-order valence-corrected chi connectivity index (χ3v) is 7.62. The average molecular weight is 574 g/mol. The third-order valence-electron chi connectivity index (χ3n) is 7.62. The fourth-order valence-electron chi connectivity index (χ4n) is 5.51. The zero-order valence-corrected chi connectivity index (χ0v) is 24.7. The van der Waals surface area contributed by atoms with Gasteiger partial charge in [0, 0.05) is 37.5 Å². The molecule has 1 fully saturated rings. The predicted molar refractivity (Wildman–Crippen MR) is 159 cm³/mol. The van der Waals surface area contributed by atoms with Crippen LogP contribution in [0, 0.1) is 5.92 Å². The molecular weight excluding hydrogens is 534 g/mol. The second-order valence-electron chi connectivity index (χ2n) is 11.3. The maximum Gasteiger partial charge on any atom is 0.295 e. The number of amides is 1. The van der Waals surface area contributed by atoms with Gasteiger partial charge in [-0.2, -0.15) is 0 Å². The summed E-state index contributed by atoms with van der Waals surface area (Å²) in [5.74, 6) is 0.854. The highest BCUT2D eigenvalue weighted by Gasteiger charge is 2.46. The first-order valence-electron chi connectivity index (χ1n) is 14.7. The zero-order valence-electron chi connectivity index (χ0n) is 24.7. The summed E-state index contributed by atoms with van der Waals surface area (Å²) in [4.78, 5) is 32.7. The minimum absolute atomic E-state index is 0.0386. The molecule has 9 nitrogen and oxygen atoms in total. The summed E-state index contributed by atoms with van der Waals surface area (Å²) in [5.41, 5.74) is 2.16. The number of carbonyl (C=O) groups is 2. The van der Waals surface area contributed by atoms with Crippen molar-refractivity contribution in [1.29, 1.82) is 0 Å². The summed E-state index contributed by atoms with van der Waals surface area (Å²) in [6, 6.07) is 10.1. The number of aromatic nitrogens is 2. The van der Waals surface area contributed by atoms with Crippen LogP contribution in [0.3, 0.4) is 0 Å². The summed E-state index contributed by atoms with van der Waals surface area (Å²) < 4.78 is 19.7. The third kappa shape index (κ3) is 6.15. The SMILES string of the molecule is CCOc1cc(C2/C(=C(/O)c3ccc4c(c3)CC(C)O4)C(=O)C(=O)N2CCCn2ccnc2)ccc1OCCC(C)C. The van der Waals surface area contributed by atoms with E-state index in [4.69, 9.17) is 14.2 Å². The van der Waals surface area contributed by atoms with Crippen LogP contribution in [-0.2, 0) is 22.6 Å². The number of likely N-dealkylation sites (tertiary alicyclic amines) is 1. The first kappa shape index (κ1) is 29.2. The van der Waals surface area contributed by atoms with Gasteiger partial charge in [0.05, 0.1) is 31.2 Å². The lowest BCUT2D eigenvalue weighted by Crippen LogP contribution is -2.31. The molecule has 0 bridgehead atoms. The molecular formula is C33H39N3O6. The topological polar surface area (TPSA) is 103 Å². The number of ketones is 1. The Kier molecular flexibility index (Phi) is 8.85. The van der Waals surface area contributed by atoms with Crippen LogP contribution in [0.4, 0.5) is 0 Å². The van der Waals surface area contributed by atoms with E-state index in [2.05, 4.69) is 18.8 Å². The molecule has 1 N–H and O–H groups in total. The molecule has 3 aromatic rings. The first-order chi connectivity index (χ1) is 20.3. The highest BCUT2D eigenvalue weighted by molar-refractivity contribution is 6.46. The monoisotopic (exact) mass is 573 g/mol. The van der Waals surface area contributed by atoms with E-state index in [1.807, 2.05) is 48.9 Å². The Labute approximate surface area is 246 Å². The van der Waals surface area contributed by atoms with E-state index in [0.717, 1.165) is 17.7 Å². The highest BCUT2D eigenvalue weighted by Crippen LogP contribution is 2.43. The van der Waals surface area contributed by atoms with Gasteiger partial charge in [0.25, 0.3) is 11.7 Å². The van der Waals surface area contributed by atoms with Crippen molar-refractivity contribution < 1.29 is 28.9 Å². The molecule has 3 heterocycles. The Morgan fingerprint density at radius 2 is 1.95 bits per heavy atom. The van der Waals surface area contributed by atoms with Gasteiger partial charge >= 0.3 is 0 Å². The van der Waals surface area contributed by atoms with E-state index in [-0.39, 0.29) is 17.4 Å². The van der Waals surface area contributed by atoms with Gasteiger partial charge in [-0.3, -0.25) is 9.59 Å². The van der Waals surface area contributed by atoms with Crippen molar-refractivity contribution in [2.45, 2.75) is 65.6 Å². The predicted octanol–water partition coefficient (Wildman–Crippen LogP) is 5.54. The number of aliphatic hydroxyl groups is 1. The summed E-state index contributed by atoms with van der Waals surface area (Å²) in [7, 11) is 0. The number of aliphatic hydroxyl groups excluding tert-OH is 1. The molecule has 2 aromatic carbocycles. The molecule has 2 aliphatic rings. The number of carbonyl (C=O) groups excluding carboxylic acids is 2. The Morgan fingerprint density at radius 1 is 1.12 bits per heavy atom. The summed E-state index contributed by atoms with van der Waals surface area (Å²) in [5, 5.41) is 11.6. The molecule has 2 unspecified atom stereocenters. The molecule has 1 saturated heterocycles. The van der Waals surface area contributed by atoms with Crippen molar-refractivity contribution in [2.24, 2.45) is 5.92 Å². The van der Waals surface area contributed by atoms with Gasteiger partial charge < -0.3 is 28.8 Å². The molecule has 0 radical (unpaired) electrons. The summed E-state index contributed by atoms with van der Waals surface area (Å²) >= 11 is 0. The molecule has 9 heteroatoms. The van der Waals surface area contributed by atoms with Crippen LogP contribution in [0.25, 0.3) is 5.76 Å². The van der Waals surface area contributed by atoms with Crippen LogP contribution in [0.1, 0.15) is 63.3 Å². The van der Waals surface area contributed by atoms with Crippen LogP contribution in [0.2, 0.25) is 0 Å². The van der Waals surface area contributed by atoms with E-state index in [9.17, 15) is 14.7 Å². The first-order valence-corrected chi connectivity index (χ1v) is 14.7. The van der Waals surface area contributed by atoms with Gasteiger partial charge in [-0.25, -0.2) is 4.98 Å². The number of hydrogen-bond acceptors (Lipinski definition) is 7. The van der Waals surface area contributed by atoms with Gasteiger partial charge in [0.15, 0.2) is 11.5 Å². The minimum Gasteiger partial charge on any atom is -0.507 e. The summed E-state index contributed by atoms with van der Waals surface area (Å²) in [6.07, 6.45) is 7.52. The van der Waals surface area contributed by atoms with E-state index in [0.29, 0.717) is 67.7 Å². The molecule has 0 aliphatic carbocycles.